The van der Waals surface area contributed by atoms with Crippen LogP contribution >= 0.6 is 31.1 Å². The van der Waals surface area contributed by atoms with E-state index in [0.29, 0.717) is 36.4 Å². The number of alkyl halides is 3. The Labute approximate surface area is 171 Å². The van der Waals surface area contributed by atoms with E-state index in [9.17, 15) is 37.1 Å². The van der Waals surface area contributed by atoms with Gasteiger partial charge in [0.05, 0.1) is 6.61 Å². The van der Waals surface area contributed by atoms with E-state index in [4.69, 9.17) is 0 Å². The third-order valence-electron chi connectivity index (χ3n) is 3.65. The molecule has 0 saturated heterocycles. The maximum absolute atomic E-state index is 13.3. The predicted octanol–water partition coefficient (Wildman–Crippen LogP) is 3.79. The Bertz CT molecular complexity index is 575. The molecular weight excluding hydrogens is 442 g/mol. The molecule has 0 aromatic heterocycles. The van der Waals surface area contributed by atoms with E-state index in [0.717, 1.165) is 0 Å². The summed E-state index contributed by atoms with van der Waals surface area (Å²) >= 11 is 1.11. The van der Waals surface area contributed by atoms with Gasteiger partial charge in [0, 0.05) is 10.5 Å². The summed E-state index contributed by atoms with van der Waals surface area (Å²) in [5.41, 5.74) is 0. The molecule has 0 saturated carbocycles. The van der Waals surface area contributed by atoms with Crippen LogP contribution in [0.4, 0.5) is 13.2 Å². The van der Waals surface area contributed by atoms with Gasteiger partial charge in [0.25, 0.3) is 0 Å². The molecule has 166 valence electrons. The predicted molar refractivity (Wildman–Crippen MR) is 104 cm³/mol. The van der Waals surface area contributed by atoms with Crippen molar-refractivity contribution in [2.45, 2.75) is 68.1 Å². The van der Waals surface area contributed by atoms with Gasteiger partial charge in [-0.1, -0.05) is 27.7 Å². The van der Waals surface area contributed by atoms with Crippen LogP contribution in [0, 0.1) is 0 Å². The second-order valence-electron chi connectivity index (χ2n) is 5.96. The third-order valence-corrected chi connectivity index (χ3v) is 9.79. The zero-order valence-electron chi connectivity index (χ0n) is 16.4. The Morgan fingerprint density at radius 3 is 1.79 bits per heavy atom. The van der Waals surface area contributed by atoms with E-state index >= 15 is 0 Å². The lowest BCUT2D eigenvalue weighted by Gasteiger charge is -2.44. The lowest BCUT2D eigenvalue weighted by molar-refractivity contribution is -0.187. The molecule has 28 heavy (non-hydrogen) atoms. The molecule has 13 heteroatoms. The van der Waals surface area contributed by atoms with Gasteiger partial charge in [0.1, 0.15) is 6.54 Å². The van der Waals surface area contributed by atoms with Gasteiger partial charge in [0.15, 0.2) is 0 Å². The molecule has 0 heterocycles. The molecule has 0 rings (SSSR count). The van der Waals surface area contributed by atoms with Gasteiger partial charge in [-0.3, -0.25) is 19.1 Å². The summed E-state index contributed by atoms with van der Waals surface area (Å²) < 4.78 is 54.3. The van der Waals surface area contributed by atoms with Crippen LogP contribution in [0.3, 0.4) is 0 Å². The van der Waals surface area contributed by atoms with E-state index in [1.54, 1.807) is 27.7 Å². The molecule has 0 aromatic carbocycles. The Kier molecular flexibility index (Phi) is 10.9. The highest BCUT2D eigenvalue weighted by atomic mass is 32.2. The van der Waals surface area contributed by atoms with Crippen LogP contribution in [0.2, 0.25) is 0 Å². The topological polar surface area (TPSA) is 104 Å². The molecule has 0 fully saturated rings. The second kappa shape index (κ2) is 11.1. The van der Waals surface area contributed by atoms with E-state index in [1.807, 2.05) is 0 Å². The molecule has 0 aromatic rings. The number of carbonyl (C=O) groups is 2. The summed E-state index contributed by atoms with van der Waals surface area (Å²) in [5, 5.41) is -1.01. The molecule has 0 bridgehead atoms. The number of carbonyl (C=O) groups excluding carboxylic acids is 2. The number of halogens is 3. The Balaban J connectivity index is 6.63. The van der Waals surface area contributed by atoms with Gasteiger partial charge in [-0.05, 0) is 19.8 Å². The average Bonchev–Trinajstić information content (AvgIpc) is 2.56. The summed E-state index contributed by atoms with van der Waals surface area (Å²) in [6, 6.07) is 0. The number of amides is 1. The SMILES string of the molecule is CCOC(=O)CN(C(=O)C(F)(F)F)C(SC(C)CC)(SC(C)CC)P(=O)(O)O. The molecule has 0 aliphatic carbocycles. The fourth-order valence-electron chi connectivity index (χ4n) is 1.93. The fourth-order valence-corrected chi connectivity index (χ4v) is 7.72. The van der Waals surface area contributed by atoms with Crippen LogP contribution in [-0.4, -0.2) is 60.3 Å². The molecule has 0 aliphatic heterocycles. The van der Waals surface area contributed by atoms with Gasteiger partial charge < -0.3 is 14.5 Å². The third kappa shape index (κ3) is 7.44. The first-order chi connectivity index (χ1) is 12.7. The van der Waals surface area contributed by atoms with Crippen molar-refractivity contribution in [3.05, 3.63) is 0 Å². The number of thioether (sulfide) groups is 2. The highest BCUT2D eigenvalue weighted by Gasteiger charge is 2.61. The summed E-state index contributed by atoms with van der Waals surface area (Å²) in [6.45, 7) is 6.57. The monoisotopic (exact) mass is 469 g/mol. The summed E-state index contributed by atoms with van der Waals surface area (Å²) in [7, 11) is -5.37. The van der Waals surface area contributed by atoms with E-state index in [1.165, 1.54) is 6.92 Å². The van der Waals surface area contributed by atoms with Crippen molar-refractivity contribution in [2.24, 2.45) is 0 Å². The molecular formula is C15H27F3NO6PS2. The lowest BCUT2D eigenvalue weighted by atomic mass is 10.4. The normalized spacial score (nSPS) is 16.8. The minimum absolute atomic E-state index is 0.0700. The molecule has 1 amide bonds. The lowest BCUT2D eigenvalue weighted by Crippen LogP contribution is -2.55. The maximum Gasteiger partial charge on any atom is 0.471 e. The van der Waals surface area contributed by atoms with Crippen molar-refractivity contribution in [3.8, 4) is 0 Å². The summed E-state index contributed by atoms with van der Waals surface area (Å²) in [5.74, 6) is -3.69. The standard InChI is InChI=1S/C15H27F3NO6PS2/c1-6-10(4)27-15(26(22,23)24,28-11(5)7-2)19(9-12(20)25-8-3)13(21)14(16,17)18/h10-11H,6-9H2,1-5H3,(H2,22,23,24). The minimum Gasteiger partial charge on any atom is -0.465 e. The Morgan fingerprint density at radius 1 is 1.07 bits per heavy atom. The largest absolute Gasteiger partial charge is 0.471 e. The van der Waals surface area contributed by atoms with Gasteiger partial charge in [-0.25, -0.2) is 0 Å². The van der Waals surface area contributed by atoms with Crippen molar-refractivity contribution < 1.29 is 41.8 Å². The van der Waals surface area contributed by atoms with Gasteiger partial charge >= 0.3 is 25.6 Å². The zero-order valence-corrected chi connectivity index (χ0v) is 18.9. The fraction of sp³-hybridized carbons (Fsp3) is 0.867. The Morgan fingerprint density at radius 2 is 1.50 bits per heavy atom. The molecule has 0 radical (unpaired) electrons. The van der Waals surface area contributed by atoms with Crippen molar-refractivity contribution in [1.82, 2.24) is 4.90 Å². The number of rotatable bonds is 11. The first-order valence-corrected chi connectivity index (χ1v) is 12.0. The van der Waals surface area contributed by atoms with E-state index in [2.05, 4.69) is 4.74 Å². The smallest absolute Gasteiger partial charge is 0.465 e. The van der Waals surface area contributed by atoms with Crippen LogP contribution in [0.25, 0.3) is 0 Å². The molecule has 7 nitrogen and oxygen atoms in total. The van der Waals surface area contributed by atoms with Crippen LogP contribution in [0.5, 0.6) is 0 Å². The van der Waals surface area contributed by atoms with Crippen molar-refractivity contribution in [1.29, 1.82) is 0 Å². The summed E-state index contributed by atoms with van der Waals surface area (Å²) in [6.07, 6.45) is -4.68. The minimum atomic E-state index is -5.43. The Hall–Kier alpha value is -0.420. The summed E-state index contributed by atoms with van der Waals surface area (Å²) in [4.78, 5) is 44.2. The van der Waals surface area contributed by atoms with Gasteiger partial charge in [-0.2, -0.15) is 13.2 Å². The average molecular weight is 469 g/mol. The van der Waals surface area contributed by atoms with Crippen LogP contribution in [0.15, 0.2) is 0 Å². The zero-order chi connectivity index (χ0) is 22.3. The molecule has 2 N–H and O–H groups in total. The van der Waals surface area contributed by atoms with Crippen LogP contribution < -0.4 is 0 Å². The first kappa shape index (κ1) is 27.6. The van der Waals surface area contributed by atoms with E-state index in [-0.39, 0.29) is 11.5 Å². The van der Waals surface area contributed by atoms with Crippen molar-refractivity contribution >= 4 is 43.0 Å². The molecule has 0 aliphatic rings. The number of hydrogen-bond donors (Lipinski definition) is 2. The van der Waals surface area contributed by atoms with E-state index < -0.39 is 46.6 Å². The van der Waals surface area contributed by atoms with Gasteiger partial charge in [-0.15, -0.1) is 23.5 Å². The maximum atomic E-state index is 13.3. The number of hydrogen-bond acceptors (Lipinski definition) is 6. The molecule has 0 spiro atoms. The quantitative estimate of drug-likeness (QED) is 0.268. The van der Waals surface area contributed by atoms with Crippen LogP contribution in [0.1, 0.15) is 47.5 Å². The molecule has 2 atom stereocenters. The second-order valence-corrected chi connectivity index (χ2v) is 11.8. The highest BCUT2D eigenvalue weighted by molar-refractivity contribution is 8.25. The van der Waals surface area contributed by atoms with Crippen molar-refractivity contribution in [2.75, 3.05) is 13.2 Å². The highest BCUT2D eigenvalue weighted by Crippen LogP contribution is 2.67. The molecule has 2 unspecified atom stereocenters. The van der Waals surface area contributed by atoms with Crippen molar-refractivity contribution in [3.63, 3.8) is 0 Å². The number of esters is 1. The van der Waals surface area contributed by atoms with Crippen LogP contribution in [-0.2, 0) is 18.9 Å². The first-order valence-electron chi connectivity index (χ1n) is 8.61. The number of ether oxygens (including phenoxy) is 1. The van der Waals surface area contributed by atoms with Gasteiger partial charge in [0.2, 0.25) is 3.94 Å². The number of nitrogens with zero attached hydrogens (tertiary/aromatic N) is 1.